The Morgan fingerprint density at radius 1 is 0.864 bits per heavy atom. The van der Waals surface area contributed by atoms with Gasteiger partial charge in [-0.05, 0) is 41.0 Å². The molecule has 0 aliphatic carbocycles. The van der Waals surface area contributed by atoms with Crippen LogP contribution in [0, 0.1) is 23.7 Å². The predicted molar refractivity (Wildman–Crippen MR) is 236 cm³/mol. The lowest BCUT2D eigenvalue weighted by molar-refractivity contribution is -0.178. The molecule has 3 amide bonds. The number of morpholine rings is 1. The number of hydrogen-bond donors (Lipinski definition) is 2. The van der Waals surface area contributed by atoms with Crippen molar-refractivity contribution in [2.45, 2.75) is 36.1 Å². The Morgan fingerprint density at radius 3 is 2.18 bits per heavy atom. The van der Waals surface area contributed by atoms with Gasteiger partial charge in [0.05, 0.1) is 51.1 Å². The summed E-state index contributed by atoms with van der Waals surface area (Å²) in [6.45, 7) is 2.98. The number of hydrogen-bond acceptors (Lipinski definition) is 14. The van der Waals surface area contributed by atoms with Gasteiger partial charge < -0.3 is 38.8 Å². The SMILES string of the molecule is C=CCNC(=O)[C@H]1[C@@H]2C(=O)O[C@@H](c3ccccc3)[C@@H](c3ccccc3)N2[C@@H](c2ccccc2OCCO)[C@]12C(=O)N(C(=O)OCCOC)c1ccc(C#CCC(C(=O)OC)C(=O)OC)cc12. The molecule has 0 bridgehead atoms. The third-order valence-electron chi connectivity index (χ3n) is 11.9. The van der Waals surface area contributed by atoms with E-state index in [0.717, 1.165) is 19.1 Å². The second-order valence-electron chi connectivity index (χ2n) is 15.5. The number of aliphatic hydroxyl groups excluding tert-OH is 1. The van der Waals surface area contributed by atoms with Crippen LogP contribution in [0.2, 0.25) is 0 Å². The molecule has 16 heteroatoms. The first-order valence-electron chi connectivity index (χ1n) is 21.2. The number of carbonyl (C=O) groups excluding carboxylic acids is 6. The maximum Gasteiger partial charge on any atom is 0.421 e. The van der Waals surface area contributed by atoms with Gasteiger partial charge in [-0.2, -0.15) is 0 Å². The monoisotopic (exact) mass is 899 g/mol. The number of anilines is 1. The number of amides is 3. The van der Waals surface area contributed by atoms with Crippen molar-refractivity contribution in [3.8, 4) is 17.6 Å². The van der Waals surface area contributed by atoms with Gasteiger partial charge in [0.15, 0.2) is 5.92 Å². The zero-order chi connectivity index (χ0) is 47.0. The number of para-hydroxylation sites is 1. The van der Waals surface area contributed by atoms with E-state index in [1.165, 1.54) is 25.3 Å². The molecule has 342 valence electrons. The summed E-state index contributed by atoms with van der Waals surface area (Å²) >= 11 is 0. The molecule has 3 aliphatic heterocycles. The number of imide groups is 1. The molecule has 16 nitrogen and oxygen atoms in total. The Morgan fingerprint density at radius 2 is 1.53 bits per heavy atom. The molecule has 0 aromatic heterocycles. The number of rotatable bonds is 15. The van der Waals surface area contributed by atoms with Gasteiger partial charge >= 0.3 is 24.0 Å². The normalized spacial score (nSPS) is 21.8. The van der Waals surface area contributed by atoms with Gasteiger partial charge in [0.1, 0.15) is 36.5 Å². The van der Waals surface area contributed by atoms with Crippen LogP contribution in [0.25, 0.3) is 0 Å². The van der Waals surface area contributed by atoms with Gasteiger partial charge in [-0.3, -0.25) is 28.9 Å². The Labute approximate surface area is 381 Å². The fourth-order valence-corrected chi connectivity index (χ4v) is 9.29. The summed E-state index contributed by atoms with van der Waals surface area (Å²) in [5.74, 6) is -1.08. The van der Waals surface area contributed by atoms with Crippen LogP contribution in [0.15, 0.2) is 116 Å². The molecule has 3 heterocycles. The van der Waals surface area contributed by atoms with E-state index in [0.29, 0.717) is 16.7 Å². The van der Waals surface area contributed by atoms with Crippen molar-refractivity contribution in [1.29, 1.82) is 0 Å². The minimum Gasteiger partial charge on any atom is -0.491 e. The zero-order valence-electron chi connectivity index (χ0n) is 36.5. The number of carbonyl (C=O) groups is 6. The quantitative estimate of drug-likeness (QED) is 0.0422. The largest absolute Gasteiger partial charge is 0.491 e. The smallest absolute Gasteiger partial charge is 0.421 e. The Hall–Kier alpha value is -7.32. The predicted octanol–water partition coefficient (Wildman–Crippen LogP) is 4.51. The number of fused-ring (bicyclic) bond motifs is 3. The number of cyclic esters (lactones) is 1. The third-order valence-corrected chi connectivity index (χ3v) is 11.9. The summed E-state index contributed by atoms with van der Waals surface area (Å²) in [6, 6.07) is 26.1. The van der Waals surface area contributed by atoms with Crippen LogP contribution in [0.4, 0.5) is 10.5 Å². The summed E-state index contributed by atoms with van der Waals surface area (Å²) in [4.78, 5) is 88.9. The highest BCUT2D eigenvalue weighted by Gasteiger charge is 2.76. The number of nitrogens with one attached hydrogen (secondary N) is 1. The van der Waals surface area contributed by atoms with E-state index in [9.17, 15) is 19.5 Å². The first-order chi connectivity index (χ1) is 32.1. The van der Waals surface area contributed by atoms with Gasteiger partial charge in [0.25, 0.3) is 0 Å². The van der Waals surface area contributed by atoms with E-state index in [4.69, 9.17) is 28.4 Å². The molecule has 0 saturated carbocycles. The first-order valence-corrected chi connectivity index (χ1v) is 21.2. The lowest BCUT2D eigenvalue weighted by Gasteiger charge is -2.46. The Kier molecular flexibility index (Phi) is 14.6. The van der Waals surface area contributed by atoms with E-state index >= 15 is 14.4 Å². The van der Waals surface area contributed by atoms with Gasteiger partial charge in [-0.25, -0.2) is 9.69 Å². The summed E-state index contributed by atoms with van der Waals surface area (Å²) in [6.07, 6.45) is -0.906. The molecule has 4 aromatic rings. The molecule has 66 heavy (non-hydrogen) atoms. The Bertz CT molecular complexity index is 2520. The molecular weight excluding hydrogens is 851 g/mol. The highest BCUT2D eigenvalue weighted by molar-refractivity contribution is 6.23. The highest BCUT2D eigenvalue weighted by Crippen LogP contribution is 2.66. The summed E-state index contributed by atoms with van der Waals surface area (Å²) in [5, 5.41) is 12.9. The van der Waals surface area contributed by atoms with Crippen LogP contribution >= 0.6 is 0 Å². The molecule has 7 rings (SSSR count). The second-order valence-corrected chi connectivity index (χ2v) is 15.5. The molecule has 2 N–H and O–H groups in total. The van der Waals surface area contributed by atoms with E-state index in [1.807, 2.05) is 65.6 Å². The minimum atomic E-state index is -2.18. The lowest BCUT2D eigenvalue weighted by atomic mass is 9.65. The van der Waals surface area contributed by atoms with Crippen molar-refractivity contribution in [3.63, 3.8) is 0 Å². The topological polar surface area (TPSA) is 197 Å². The van der Waals surface area contributed by atoms with E-state index < -0.39 is 77.3 Å². The molecule has 2 saturated heterocycles. The fourth-order valence-electron chi connectivity index (χ4n) is 9.29. The number of esters is 3. The minimum absolute atomic E-state index is 0.00451. The van der Waals surface area contributed by atoms with Crippen LogP contribution in [0.5, 0.6) is 5.75 Å². The third kappa shape index (κ3) is 8.51. The average Bonchev–Trinajstić information content (AvgIpc) is 3.80. The number of methoxy groups -OCH3 is 3. The van der Waals surface area contributed by atoms with Crippen molar-refractivity contribution >= 4 is 41.5 Å². The molecule has 0 radical (unpaired) electrons. The van der Waals surface area contributed by atoms with Crippen LogP contribution < -0.4 is 15.0 Å². The second kappa shape index (κ2) is 20.7. The maximum atomic E-state index is 16.2. The van der Waals surface area contributed by atoms with Crippen molar-refractivity contribution in [2.75, 3.05) is 59.2 Å². The number of aliphatic hydroxyl groups is 1. The maximum absolute atomic E-state index is 16.2. The van der Waals surface area contributed by atoms with E-state index in [-0.39, 0.29) is 62.0 Å². The average molecular weight is 900 g/mol. The molecule has 2 fully saturated rings. The van der Waals surface area contributed by atoms with Crippen molar-refractivity contribution in [3.05, 3.63) is 144 Å². The number of benzene rings is 4. The van der Waals surface area contributed by atoms with Crippen molar-refractivity contribution in [2.24, 2.45) is 11.8 Å². The Balaban J connectivity index is 1.58. The van der Waals surface area contributed by atoms with Crippen molar-refractivity contribution in [1.82, 2.24) is 10.2 Å². The molecule has 1 spiro atoms. The van der Waals surface area contributed by atoms with Crippen LogP contribution in [0.1, 0.15) is 52.4 Å². The molecule has 3 aliphatic rings. The van der Waals surface area contributed by atoms with Gasteiger partial charge in [0.2, 0.25) is 11.8 Å². The summed E-state index contributed by atoms with van der Waals surface area (Å²) < 4.78 is 33.1. The van der Waals surface area contributed by atoms with Crippen LogP contribution in [-0.4, -0.2) is 106 Å². The highest BCUT2D eigenvalue weighted by atomic mass is 16.6. The van der Waals surface area contributed by atoms with E-state index in [2.05, 4.69) is 23.7 Å². The lowest BCUT2D eigenvalue weighted by Crippen LogP contribution is -2.55. The molecular formula is C50H49N3O13. The van der Waals surface area contributed by atoms with Crippen LogP contribution in [0.3, 0.4) is 0 Å². The summed E-state index contributed by atoms with van der Waals surface area (Å²) in [7, 11) is 3.69. The fraction of sp³-hybridized carbons (Fsp3) is 0.320. The molecule has 4 aromatic carbocycles. The van der Waals surface area contributed by atoms with Gasteiger partial charge in [-0.15, -0.1) is 6.58 Å². The van der Waals surface area contributed by atoms with Crippen molar-refractivity contribution < 1.29 is 62.3 Å². The standard InChI is InChI=1S/C50H49N3O13/c1-5-25-51-44(55)39-41-47(58)66-42(33-18-10-7-11-19-33)40(32-16-8-6-9-17-32)53(41)43(34-20-12-13-22-38(34)64-27-26-54)50(39)36-30-31(15-14-21-35(45(56)62-3)46(57)63-4)23-24-37(36)52(48(50)59)49(60)65-29-28-61-2/h5-13,16-20,22-24,30,35,39-43,54H,1,21,25-29H2,2-4H3,(H,51,55)/t39-,40-,41-,42+,43+,50-/m1/s1. The molecule has 6 atom stereocenters. The number of nitrogens with zero attached hydrogens (tertiary/aromatic N) is 2. The summed E-state index contributed by atoms with van der Waals surface area (Å²) in [5.41, 5.74) is -0.0943. The zero-order valence-corrected chi connectivity index (χ0v) is 36.5. The van der Waals surface area contributed by atoms with Gasteiger partial charge in [-0.1, -0.05) is 96.8 Å². The number of ether oxygens (including phenoxy) is 6. The van der Waals surface area contributed by atoms with E-state index in [1.54, 1.807) is 30.3 Å². The van der Waals surface area contributed by atoms with Gasteiger partial charge in [0, 0.05) is 31.2 Å². The van der Waals surface area contributed by atoms with Crippen LogP contribution in [-0.2, 0) is 53.1 Å². The molecule has 0 unspecified atom stereocenters. The first kappa shape index (κ1) is 46.7.